The molecule has 27 heavy (non-hydrogen) atoms. The topological polar surface area (TPSA) is 26.3 Å². The van der Waals surface area contributed by atoms with Gasteiger partial charge < -0.3 is 4.74 Å². The first-order valence-electron chi connectivity index (χ1n) is 9.35. The fourth-order valence-corrected chi connectivity index (χ4v) is 6.66. The van der Waals surface area contributed by atoms with Crippen LogP contribution in [0.3, 0.4) is 0 Å². The van der Waals surface area contributed by atoms with Gasteiger partial charge in [-0.25, -0.2) is 4.79 Å². The zero-order valence-electron chi connectivity index (χ0n) is 16.2. The van der Waals surface area contributed by atoms with E-state index in [1.165, 1.54) is 0 Å². The van der Waals surface area contributed by atoms with Crippen molar-refractivity contribution in [1.82, 2.24) is 0 Å². The molecule has 0 bridgehead atoms. The number of carbonyl (C=O) groups excluding carboxylic acids is 1. The number of ether oxygens (including phenoxy) is 1. The van der Waals surface area contributed by atoms with Crippen molar-refractivity contribution in [3.05, 3.63) is 91.0 Å². The van der Waals surface area contributed by atoms with Gasteiger partial charge in [0.25, 0.3) is 0 Å². The van der Waals surface area contributed by atoms with Crippen LogP contribution in [0, 0.1) is 0 Å². The Bertz CT molecular complexity index is 769. The summed E-state index contributed by atoms with van der Waals surface area (Å²) in [7, 11) is 0. The summed E-state index contributed by atoms with van der Waals surface area (Å²) in [5.41, 5.74) is 0. The first-order valence-corrected chi connectivity index (χ1v) is 11.2. The summed E-state index contributed by atoms with van der Waals surface area (Å²) in [5, 5.41) is 3.42. The van der Waals surface area contributed by atoms with Crippen molar-refractivity contribution < 1.29 is 9.53 Å². The molecule has 3 rings (SSSR count). The van der Waals surface area contributed by atoms with Gasteiger partial charge in [-0.15, -0.1) is 0 Å². The molecule has 0 saturated heterocycles. The van der Waals surface area contributed by atoms with Crippen LogP contribution in [-0.4, -0.2) is 18.4 Å². The Morgan fingerprint density at radius 2 is 1.07 bits per heavy atom. The summed E-state index contributed by atoms with van der Waals surface area (Å²) in [6.45, 7) is 3.96. The molecule has 0 spiro atoms. The molecule has 140 valence electrons. The van der Waals surface area contributed by atoms with Gasteiger partial charge in [0.1, 0.15) is 0 Å². The SMILES string of the molecule is CC.CCOC(=O)C=P(c1ccccc1)(c1ccccc1)c1ccccc1. The number of hydrogen-bond acceptors (Lipinski definition) is 2. The first kappa shape index (κ1) is 20.7. The van der Waals surface area contributed by atoms with Gasteiger partial charge in [-0.3, -0.25) is 0 Å². The van der Waals surface area contributed by atoms with E-state index in [4.69, 9.17) is 4.74 Å². The van der Waals surface area contributed by atoms with Gasteiger partial charge in [-0.2, -0.15) is 0 Å². The monoisotopic (exact) mass is 378 g/mol. The Morgan fingerprint density at radius 3 is 1.37 bits per heavy atom. The second kappa shape index (κ2) is 10.5. The summed E-state index contributed by atoms with van der Waals surface area (Å²) >= 11 is 0. The summed E-state index contributed by atoms with van der Waals surface area (Å²) in [6, 6.07) is 30.7. The third-order valence-corrected chi connectivity index (χ3v) is 8.01. The van der Waals surface area contributed by atoms with Crippen molar-refractivity contribution in [3.63, 3.8) is 0 Å². The number of esters is 1. The minimum Gasteiger partial charge on any atom is -0.463 e. The highest BCUT2D eigenvalue weighted by Gasteiger charge is 2.26. The normalized spacial score (nSPS) is 10.3. The van der Waals surface area contributed by atoms with E-state index in [1.807, 2.05) is 75.4 Å². The summed E-state index contributed by atoms with van der Waals surface area (Å²) < 4.78 is 5.30. The molecule has 0 atom stereocenters. The Morgan fingerprint density at radius 1 is 0.741 bits per heavy atom. The molecule has 0 saturated carbocycles. The molecule has 2 nitrogen and oxygen atoms in total. The Kier molecular flexibility index (Phi) is 8.10. The molecule has 0 aliphatic rings. The van der Waals surface area contributed by atoms with Crippen molar-refractivity contribution in [3.8, 4) is 0 Å². The lowest BCUT2D eigenvalue weighted by Crippen LogP contribution is -2.29. The fraction of sp³-hybridized carbons (Fsp3) is 0.167. The van der Waals surface area contributed by atoms with E-state index in [-0.39, 0.29) is 5.97 Å². The molecule has 0 aliphatic heterocycles. The molecule has 0 aromatic heterocycles. The van der Waals surface area contributed by atoms with Crippen LogP contribution < -0.4 is 15.9 Å². The van der Waals surface area contributed by atoms with Crippen molar-refractivity contribution in [2.24, 2.45) is 0 Å². The van der Waals surface area contributed by atoms with Crippen LogP contribution in [0.25, 0.3) is 0 Å². The van der Waals surface area contributed by atoms with Crippen LogP contribution in [0.2, 0.25) is 0 Å². The third-order valence-electron chi connectivity index (χ3n) is 4.08. The van der Waals surface area contributed by atoms with E-state index < -0.39 is 6.89 Å². The Balaban J connectivity index is 0.00000126. The second-order valence-electron chi connectivity index (χ2n) is 5.61. The Hall–Kier alpha value is -2.57. The van der Waals surface area contributed by atoms with E-state index in [1.54, 1.807) is 5.80 Å². The first-order chi connectivity index (χ1) is 13.3. The van der Waals surface area contributed by atoms with Gasteiger partial charge in [0.05, 0.1) is 6.61 Å². The van der Waals surface area contributed by atoms with Crippen LogP contribution in [-0.2, 0) is 9.53 Å². The molecule has 0 amide bonds. The summed E-state index contributed by atoms with van der Waals surface area (Å²) in [5.74, 6) is 1.53. The number of rotatable bonds is 5. The maximum Gasteiger partial charge on any atom is 0.331 e. The predicted molar refractivity (Wildman–Crippen MR) is 119 cm³/mol. The van der Waals surface area contributed by atoms with Gasteiger partial charge in [-0.05, 0) is 29.7 Å². The molecule has 0 radical (unpaired) electrons. The van der Waals surface area contributed by atoms with Crippen LogP contribution >= 0.6 is 6.89 Å². The zero-order valence-corrected chi connectivity index (χ0v) is 17.1. The van der Waals surface area contributed by atoms with Crippen LogP contribution in [0.5, 0.6) is 0 Å². The molecular weight excluding hydrogens is 351 g/mol. The summed E-state index contributed by atoms with van der Waals surface area (Å²) in [4.78, 5) is 12.5. The summed E-state index contributed by atoms with van der Waals surface area (Å²) in [6.07, 6.45) is 0. The maximum absolute atomic E-state index is 12.5. The smallest absolute Gasteiger partial charge is 0.331 e. The highest BCUT2D eigenvalue weighted by molar-refractivity contribution is 7.95. The Labute approximate surface area is 162 Å². The molecule has 0 fully saturated rings. The average Bonchev–Trinajstić information content (AvgIpc) is 2.75. The van der Waals surface area contributed by atoms with Crippen molar-refractivity contribution in [2.45, 2.75) is 20.8 Å². The lowest BCUT2D eigenvalue weighted by atomic mass is 10.4. The van der Waals surface area contributed by atoms with Crippen molar-refractivity contribution in [1.29, 1.82) is 0 Å². The molecule has 3 aromatic rings. The van der Waals surface area contributed by atoms with E-state index in [2.05, 4.69) is 36.4 Å². The van der Waals surface area contributed by atoms with Gasteiger partial charge in [-0.1, -0.05) is 105 Å². The van der Waals surface area contributed by atoms with Gasteiger partial charge in [0.2, 0.25) is 0 Å². The van der Waals surface area contributed by atoms with Gasteiger partial charge in [0.15, 0.2) is 0 Å². The van der Waals surface area contributed by atoms with Gasteiger partial charge in [0, 0.05) is 5.80 Å². The lowest BCUT2D eigenvalue weighted by Gasteiger charge is -2.28. The standard InChI is InChI=1S/C22H21O2P.C2H6/c1-2-24-22(23)18-25(19-12-6-3-7-13-19,20-14-8-4-9-15-20)21-16-10-5-11-17-21;1-2/h3-18H,2H2,1H3;1-2H3. The van der Waals surface area contributed by atoms with E-state index in [0.717, 1.165) is 15.9 Å². The maximum atomic E-state index is 12.5. The average molecular weight is 378 g/mol. The number of hydrogen-bond donors (Lipinski definition) is 0. The van der Waals surface area contributed by atoms with E-state index in [0.29, 0.717) is 6.61 Å². The molecular formula is C24H27O2P. The van der Waals surface area contributed by atoms with Gasteiger partial charge >= 0.3 is 5.97 Å². The number of benzene rings is 3. The number of carbonyl (C=O) groups is 1. The minimum absolute atomic E-state index is 0.271. The molecule has 0 N–H and O–H groups in total. The molecule has 0 aliphatic carbocycles. The molecule has 0 heterocycles. The van der Waals surface area contributed by atoms with Crippen LogP contribution in [0.15, 0.2) is 91.0 Å². The third kappa shape index (κ3) is 4.78. The highest BCUT2D eigenvalue weighted by Crippen LogP contribution is 2.43. The van der Waals surface area contributed by atoms with Crippen molar-refractivity contribution >= 4 is 34.6 Å². The van der Waals surface area contributed by atoms with Crippen molar-refractivity contribution in [2.75, 3.05) is 6.61 Å². The minimum atomic E-state index is -2.24. The largest absolute Gasteiger partial charge is 0.463 e. The van der Waals surface area contributed by atoms with Crippen LogP contribution in [0.1, 0.15) is 20.8 Å². The molecule has 0 unspecified atom stereocenters. The molecule has 3 heteroatoms. The van der Waals surface area contributed by atoms with Crippen LogP contribution in [0.4, 0.5) is 0 Å². The van der Waals surface area contributed by atoms with E-state index >= 15 is 0 Å². The second-order valence-corrected chi connectivity index (χ2v) is 8.86. The fourth-order valence-electron chi connectivity index (χ4n) is 3.00. The predicted octanol–water partition coefficient (Wildman–Crippen LogP) is 4.37. The lowest BCUT2D eigenvalue weighted by molar-refractivity contribution is -0.134. The van der Waals surface area contributed by atoms with E-state index in [9.17, 15) is 4.79 Å². The quantitative estimate of drug-likeness (QED) is 0.487. The highest BCUT2D eigenvalue weighted by atomic mass is 31.2. The zero-order chi connectivity index (χ0) is 19.5. The molecule has 3 aromatic carbocycles.